The van der Waals surface area contributed by atoms with E-state index in [1.807, 2.05) is 19.9 Å². The maximum atomic E-state index is 5.70. The molecule has 0 bridgehead atoms. The van der Waals surface area contributed by atoms with Gasteiger partial charge in [0.05, 0.1) is 12.6 Å². The molecule has 0 unspecified atom stereocenters. The van der Waals surface area contributed by atoms with E-state index in [0.717, 1.165) is 18.8 Å². The van der Waals surface area contributed by atoms with Gasteiger partial charge in [-0.1, -0.05) is 5.92 Å². The van der Waals surface area contributed by atoms with E-state index in [1.54, 1.807) is 0 Å². The molecule has 0 aliphatic rings. The van der Waals surface area contributed by atoms with Crippen LogP contribution in [0.4, 0.5) is 0 Å². The first-order valence-electron chi connectivity index (χ1n) is 6.60. The molecule has 0 amide bonds. The van der Waals surface area contributed by atoms with Gasteiger partial charge in [-0.2, -0.15) is 0 Å². The lowest BCUT2D eigenvalue weighted by Crippen LogP contribution is -2.19. The second-order valence-corrected chi connectivity index (χ2v) is 4.78. The lowest BCUT2D eigenvalue weighted by Gasteiger charge is -2.10. The Balaban J connectivity index is 2.09. The molecule has 1 heterocycles. The Bertz CT molecular complexity index is 578. The molecule has 19 heavy (non-hydrogen) atoms. The number of hydrogen-bond donors (Lipinski definition) is 1. The van der Waals surface area contributed by atoms with Crippen LogP contribution in [0.25, 0.3) is 10.9 Å². The fourth-order valence-electron chi connectivity index (χ4n) is 2.08. The SMILES string of the molecule is C#CCNCCn1ccc2cc(OC(C)C)ccc21. The van der Waals surface area contributed by atoms with Gasteiger partial charge in [0, 0.05) is 30.2 Å². The van der Waals surface area contributed by atoms with Gasteiger partial charge >= 0.3 is 0 Å². The van der Waals surface area contributed by atoms with E-state index in [4.69, 9.17) is 11.2 Å². The summed E-state index contributed by atoms with van der Waals surface area (Å²) in [5.74, 6) is 3.50. The molecule has 0 aliphatic carbocycles. The van der Waals surface area contributed by atoms with Gasteiger partial charge in [0.25, 0.3) is 0 Å². The molecule has 100 valence electrons. The molecule has 3 nitrogen and oxygen atoms in total. The fraction of sp³-hybridized carbons (Fsp3) is 0.375. The number of nitrogens with one attached hydrogen (secondary N) is 1. The zero-order chi connectivity index (χ0) is 13.7. The first kappa shape index (κ1) is 13.5. The van der Waals surface area contributed by atoms with Crippen molar-refractivity contribution in [2.45, 2.75) is 26.5 Å². The highest BCUT2D eigenvalue weighted by Crippen LogP contribution is 2.22. The molecule has 0 spiro atoms. The molecule has 0 fully saturated rings. The number of fused-ring (bicyclic) bond motifs is 1. The molecule has 2 rings (SSSR count). The van der Waals surface area contributed by atoms with Crippen LogP contribution in [0, 0.1) is 12.3 Å². The van der Waals surface area contributed by atoms with Crippen LogP contribution in [0.1, 0.15) is 13.8 Å². The van der Waals surface area contributed by atoms with E-state index < -0.39 is 0 Å². The average Bonchev–Trinajstić information content (AvgIpc) is 2.76. The summed E-state index contributed by atoms with van der Waals surface area (Å²) in [7, 11) is 0. The molecule has 0 atom stereocenters. The van der Waals surface area contributed by atoms with Crippen molar-refractivity contribution in [1.29, 1.82) is 0 Å². The summed E-state index contributed by atoms with van der Waals surface area (Å²) < 4.78 is 7.92. The number of terminal acetylenes is 1. The first-order valence-corrected chi connectivity index (χ1v) is 6.60. The Morgan fingerprint density at radius 1 is 1.37 bits per heavy atom. The number of benzene rings is 1. The largest absolute Gasteiger partial charge is 0.491 e. The van der Waals surface area contributed by atoms with Crippen LogP contribution in [0.15, 0.2) is 30.5 Å². The highest BCUT2D eigenvalue weighted by Gasteiger charge is 2.03. The molecule has 1 aromatic heterocycles. The van der Waals surface area contributed by atoms with Gasteiger partial charge in [-0.3, -0.25) is 0 Å². The van der Waals surface area contributed by atoms with Crippen molar-refractivity contribution < 1.29 is 4.74 Å². The van der Waals surface area contributed by atoms with Crippen molar-refractivity contribution in [2.75, 3.05) is 13.1 Å². The Morgan fingerprint density at radius 2 is 2.21 bits per heavy atom. The standard InChI is InChI=1S/C16H20N2O/c1-4-8-17-9-11-18-10-7-14-12-15(19-13(2)3)5-6-16(14)18/h1,5-7,10,12-13,17H,8-9,11H2,2-3H3. The number of aromatic nitrogens is 1. The van der Waals surface area contributed by atoms with Gasteiger partial charge in [-0.25, -0.2) is 0 Å². The van der Waals surface area contributed by atoms with Crippen molar-refractivity contribution >= 4 is 10.9 Å². The first-order chi connectivity index (χ1) is 9.20. The van der Waals surface area contributed by atoms with Crippen LogP contribution in [-0.4, -0.2) is 23.8 Å². The Hall–Kier alpha value is -1.92. The van der Waals surface area contributed by atoms with Crippen LogP contribution in [0.5, 0.6) is 5.75 Å². The predicted molar refractivity (Wildman–Crippen MR) is 79.4 cm³/mol. The molecule has 0 saturated heterocycles. The van der Waals surface area contributed by atoms with E-state index in [0.29, 0.717) is 6.54 Å². The van der Waals surface area contributed by atoms with Gasteiger partial charge in [-0.05, 0) is 38.1 Å². The zero-order valence-corrected chi connectivity index (χ0v) is 11.5. The third kappa shape index (κ3) is 3.52. The molecule has 0 saturated carbocycles. The smallest absolute Gasteiger partial charge is 0.120 e. The van der Waals surface area contributed by atoms with Gasteiger partial charge in [0.2, 0.25) is 0 Å². The predicted octanol–water partition coefficient (Wildman–Crippen LogP) is 2.65. The van der Waals surface area contributed by atoms with Crippen LogP contribution in [-0.2, 0) is 6.54 Å². The minimum atomic E-state index is 0.201. The van der Waals surface area contributed by atoms with Crippen molar-refractivity contribution in [3.05, 3.63) is 30.5 Å². The van der Waals surface area contributed by atoms with Crippen LogP contribution >= 0.6 is 0 Å². The quantitative estimate of drug-likeness (QED) is 0.635. The average molecular weight is 256 g/mol. The highest BCUT2D eigenvalue weighted by atomic mass is 16.5. The minimum absolute atomic E-state index is 0.201. The van der Waals surface area contributed by atoms with Gasteiger partial charge < -0.3 is 14.6 Å². The Labute approximate surface area is 114 Å². The summed E-state index contributed by atoms with van der Waals surface area (Å²) in [6, 6.07) is 8.33. The van der Waals surface area contributed by atoms with E-state index in [1.165, 1.54) is 10.9 Å². The van der Waals surface area contributed by atoms with Crippen molar-refractivity contribution in [1.82, 2.24) is 9.88 Å². The summed E-state index contributed by atoms with van der Waals surface area (Å²) in [5, 5.41) is 4.40. The summed E-state index contributed by atoms with van der Waals surface area (Å²) in [6.45, 7) is 6.47. The summed E-state index contributed by atoms with van der Waals surface area (Å²) in [6.07, 6.45) is 7.50. The third-order valence-electron chi connectivity index (χ3n) is 2.87. The van der Waals surface area contributed by atoms with Gasteiger partial charge in [-0.15, -0.1) is 6.42 Å². The molecule has 0 radical (unpaired) electrons. The van der Waals surface area contributed by atoms with Gasteiger partial charge in [0.1, 0.15) is 5.75 Å². The fourth-order valence-corrected chi connectivity index (χ4v) is 2.08. The second kappa shape index (κ2) is 6.31. The van der Waals surface area contributed by atoms with E-state index in [-0.39, 0.29) is 6.10 Å². The summed E-state index contributed by atoms with van der Waals surface area (Å²) in [4.78, 5) is 0. The number of hydrogen-bond acceptors (Lipinski definition) is 2. The van der Waals surface area contributed by atoms with Crippen LogP contribution < -0.4 is 10.1 Å². The van der Waals surface area contributed by atoms with Gasteiger partial charge in [0.15, 0.2) is 0 Å². The molecule has 1 aromatic carbocycles. The third-order valence-corrected chi connectivity index (χ3v) is 2.87. The van der Waals surface area contributed by atoms with Crippen LogP contribution in [0.3, 0.4) is 0 Å². The van der Waals surface area contributed by atoms with Crippen molar-refractivity contribution in [2.24, 2.45) is 0 Å². The molecular weight excluding hydrogens is 236 g/mol. The molecule has 3 heteroatoms. The topological polar surface area (TPSA) is 26.2 Å². The van der Waals surface area contributed by atoms with Crippen LogP contribution in [0.2, 0.25) is 0 Å². The van der Waals surface area contributed by atoms with E-state index >= 15 is 0 Å². The van der Waals surface area contributed by atoms with E-state index in [2.05, 4.69) is 40.2 Å². The highest BCUT2D eigenvalue weighted by molar-refractivity contribution is 5.81. The summed E-state index contributed by atoms with van der Waals surface area (Å²) in [5.41, 5.74) is 1.22. The lowest BCUT2D eigenvalue weighted by atomic mass is 10.2. The number of ether oxygens (including phenoxy) is 1. The molecule has 0 aliphatic heterocycles. The normalized spacial score (nSPS) is 10.8. The van der Waals surface area contributed by atoms with Crippen molar-refractivity contribution in [3.8, 4) is 18.1 Å². The number of rotatable bonds is 6. The Kier molecular flexibility index (Phi) is 4.48. The lowest BCUT2D eigenvalue weighted by molar-refractivity contribution is 0.243. The molecule has 2 aromatic rings. The van der Waals surface area contributed by atoms with E-state index in [9.17, 15) is 0 Å². The zero-order valence-electron chi connectivity index (χ0n) is 11.5. The number of nitrogens with zero attached hydrogens (tertiary/aromatic N) is 1. The second-order valence-electron chi connectivity index (χ2n) is 4.78. The molecule has 1 N–H and O–H groups in total. The maximum absolute atomic E-state index is 5.70. The minimum Gasteiger partial charge on any atom is -0.491 e. The van der Waals surface area contributed by atoms with Crippen molar-refractivity contribution in [3.63, 3.8) is 0 Å². The summed E-state index contributed by atoms with van der Waals surface area (Å²) >= 11 is 0. The monoisotopic (exact) mass is 256 g/mol. The molecular formula is C16H20N2O. The maximum Gasteiger partial charge on any atom is 0.120 e. The Morgan fingerprint density at radius 3 is 2.95 bits per heavy atom.